The van der Waals surface area contributed by atoms with Gasteiger partial charge in [-0.15, -0.1) is 0 Å². The smallest absolute Gasteiger partial charge is 0.222 e. The Kier molecular flexibility index (Phi) is 3.90. The first kappa shape index (κ1) is 17.8. The van der Waals surface area contributed by atoms with E-state index in [4.69, 9.17) is 4.74 Å². The minimum absolute atomic E-state index is 0.0606. The largest absolute Gasteiger partial charge is 0.378 e. The summed E-state index contributed by atoms with van der Waals surface area (Å²) in [5.41, 5.74) is 0.818. The zero-order chi connectivity index (χ0) is 18.2. The van der Waals surface area contributed by atoms with Crippen LogP contribution in [0.1, 0.15) is 72.6 Å². The molecule has 0 N–H and O–H groups in total. The molecule has 1 saturated heterocycles. The van der Waals surface area contributed by atoms with Gasteiger partial charge in [0.2, 0.25) is 5.91 Å². The lowest BCUT2D eigenvalue weighted by Crippen LogP contribution is -2.62. The molecule has 1 amide bonds. The molecule has 0 bridgehead atoms. The summed E-state index contributed by atoms with van der Waals surface area (Å²) in [7, 11) is 3.96. The molecule has 142 valence electrons. The summed E-state index contributed by atoms with van der Waals surface area (Å²) in [5.74, 6) is 3.43. The third-order valence-electron chi connectivity index (χ3n) is 9.37. The van der Waals surface area contributed by atoms with E-state index in [0.29, 0.717) is 28.7 Å². The van der Waals surface area contributed by atoms with Gasteiger partial charge in [0.15, 0.2) is 0 Å². The van der Waals surface area contributed by atoms with Gasteiger partial charge in [0, 0.05) is 26.6 Å². The van der Waals surface area contributed by atoms with Crippen molar-refractivity contribution in [3.63, 3.8) is 0 Å². The number of amides is 1. The summed E-state index contributed by atoms with van der Waals surface area (Å²) in [6.45, 7) is 9.85. The molecule has 1 heterocycles. The molecule has 8 atom stereocenters. The Labute approximate surface area is 153 Å². The Bertz CT molecular complexity index is 576. The van der Waals surface area contributed by atoms with E-state index in [1.807, 2.05) is 7.11 Å². The molecule has 4 fully saturated rings. The lowest BCUT2D eigenvalue weighted by atomic mass is 9.45. The van der Waals surface area contributed by atoms with E-state index < -0.39 is 0 Å². The second kappa shape index (κ2) is 5.47. The number of hydrogen-bond donors (Lipinski definition) is 0. The highest BCUT2D eigenvalue weighted by Gasteiger charge is 2.63. The molecule has 0 aromatic heterocycles. The molecular formula is C22H37NO2. The quantitative estimate of drug-likeness (QED) is 0.699. The van der Waals surface area contributed by atoms with Gasteiger partial charge in [-0.2, -0.15) is 0 Å². The number of carbonyl (C=O) groups excluding carboxylic acids is 1. The van der Waals surface area contributed by atoms with Crippen molar-refractivity contribution in [1.29, 1.82) is 0 Å². The lowest BCUT2D eigenvalue weighted by molar-refractivity contribution is -0.164. The summed E-state index contributed by atoms with van der Waals surface area (Å²) in [6.07, 6.45) is 8.16. The fourth-order valence-electron chi connectivity index (χ4n) is 8.02. The number of nitrogens with zero attached hydrogens (tertiary/aromatic N) is 1. The van der Waals surface area contributed by atoms with Crippen LogP contribution in [-0.4, -0.2) is 36.6 Å². The number of hydrogen-bond acceptors (Lipinski definition) is 2. The third kappa shape index (κ3) is 2.37. The highest BCUT2D eigenvalue weighted by Crippen LogP contribution is 2.67. The van der Waals surface area contributed by atoms with E-state index >= 15 is 0 Å². The normalized spacial score (nSPS) is 55.5. The predicted octanol–water partition coefficient (Wildman–Crippen LogP) is 4.50. The van der Waals surface area contributed by atoms with Crippen molar-refractivity contribution in [2.24, 2.45) is 34.5 Å². The van der Waals surface area contributed by atoms with Gasteiger partial charge in [0.1, 0.15) is 0 Å². The fraction of sp³-hybridized carbons (Fsp3) is 0.955. The molecule has 0 spiro atoms. The van der Waals surface area contributed by atoms with Crippen LogP contribution in [0.2, 0.25) is 0 Å². The lowest BCUT2D eigenvalue weighted by Gasteiger charge is -2.63. The molecule has 0 aromatic rings. The van der Waals surface area contributed by atoms with Crippen LogP contribution in [0.25, 0.3) is 0 Å². The Balaban J connectivity index is 1.69. The van der Waals surface area contributed by atoms with E-state index in [1.165, 1.54) is 32.1 Å². The summed E-state index contributed by atoms with van der Waals surface area (Å²) >= 11 is 0. The van der Waals surface area contributed by atoms with Crippen LogP contribution in [0, 0.1) is 34.5 Å². The summed E-state index contributed by atoms with van der Waals surface area (Å²) in [5, 5.41) is 0. The average molecular weight is 348 g/mol. The van der Waals surface area contributed by atoms with E-state index in [1.54, 1.807) is 0 Å². The monoisotopic (exact) mass is 347 g/mol. The molecule has 25 heavy (non-hydrogen) atoms. The van der Waals surface area contributed by atoms with Crippen LogP contribution in [0.3, 0.4) is 0 Å². The molecule has 6 unspecified atom stereocenters. The SMILES string of the molecule is COC1(C)CC2C3C(C)CC4N(C)C(=O)CC[C@]4(C)C3CC[C@]2(C)C1. The maximum absolute atomic E-state index is 12.3. The van der Waals surface area contributed by atoms with Crippen LogP contribution in [0.15, 0.2) is 0 Å². The topological polar surface area (TPSA) is 29.5 Å². The number of carbonyl (C=O) groups is 1. The zero-order valence-electron chi connectivity index (χ0n) is 17.1. The average Bonchev–Trinajstić information content (AvgIpc) is 2.85. The first-order valence-corrected chi connectivity index (χ1v) is 10.4. The van der Waals surface area contributed by atoms with Gasteiger partial charge in [0.05, 0.1) is 5.60 Å². The number of piperidine rings is 1. The van der Waals surface area contributed by atoms with Gasteiger partial charge in [-0.1, -0.05) is 20.8 Å². The second-order valence-electron chi connectivity index (χ2n) is 10.8. The van der Waals surface area contributed by atoms with Gasteiger partial charge >= 0.3 is 0 Å². The Morgan fingerprint density at radius 1 is 1.16 bits per heavy atom. The molecular weight excluding hydrogens is 310 g/mol. The van der Waals surface area contributed by atoms with Crippen molar-refractivity contribution < 1.29 is 9.53 Å². The van der Waals surface area contributed by atoms with Gasteiger partial charge in [-0.3, -0.25) is 4.79 Å². The van der Waals surface area contributed by atoms with Crippen LogP contribution in [-0.2, 0) is 9.53 Å². The standard InChI is InChI=1S/C22H37NO2/c1-14-11-17-22(4,10-8-18(24)23(17)5)15-7-9-20(2)13-21(3,25-6)12-16(20)19(14)15/h14-17,19H,7-13H2,1-6H3/t14?,15?,16?,17?,19?,20-,21?,22-/m1/s1. The molecule has 3 saturated carbocycles. The number of methoxy groups -OCH3 is 1. The number of fused-ring (bicyclic) bond motifs is 5. The molecule has 0 radical (unpaired) electrons. The fourth-order valence-corrected chi connectivity index (χ4v) is 8.02. The van der Waals surface area contributed by atoms with Gasteiger partial charge in [-0.05, 0) is 80.0 Å². The van der Waals surface area contributed by atoms with Crippen molar-refractivity contribution in [3.05, 3.63) is 0 Å². The first-order chi connectivity index (χ1) is 11.6. The number of ether oxygens (including phenoxy) is 1. The molecule has 3 heteroatoms. The highest BCUT2D eigenvalue weighted by atomic mass is 16.5. The van der Waals surface area contributed by atoms with Crippen LogP contribution >= 0.6 is 0 Å². The van der Waals surface area contributed by atoms with Crippen molar-refractivity contribution in [2.75, 3.05) is 14.2 Å². The molecule has 4 aliphatic rings. The van der Waals surface area contributed by atoms with Gasteiger partial charge in [-0.25, -0.2) is 0 Å². The number of rotatable bonds is 1. The summed E-state index contributed by atoms with van der Waals surface area (Å²) in [6, 6.07) is 0.449. The molecule has 4 rings (SSSR count). The van der Waals surface area contributed by atoms with Gasteiger partial charge in [0.25, 0.3) is 0 Å². The van der Waals surface area contributed by atoms with Crippen molar-refractivity contribution in [2.45, 2.75) is 84.3 Å². The minimum atomic E-state index is 0.0606. The van der Waals surface area contributed by atoms with E-state index in [2.05, 4.69) is 39.6 Å². The predicted molar refractivity (Wildman–Crippen MR) is 100 cm³/mol. The zero-order valence-corrected chi connectivity index (χ0v) is 17.1. The molecule has 3 aliphatic carbocycles. The summed E-state index contributed by atoms with van der Waals surface area (Å²) < 4.78 is 5.98. The highest BCUT2D eigenvalue weighted by molar-refractivity contribution is 5.77. The first-order valence-electron chi connectivity index (χ1n) is 10.4. The Morgan fingerprint density at radius 3 is 2.56 bits per heavy atom. The van der Waals surface area contributed by atoms with Crippen LogP contribution < -0.4 is 0 Å². The summed E-state index contributed by atoms with van der Waals surface area (Å²) in [4.78, 5) is 14.4. The van der Waals surface area contributed by atoms with E-state index in [9.17, 15) is 4.79 Å². The Hall–Kier alpha value is -0.570. The van der Waals surface area contributed by atoms with E-state index in [-0.39, 0.29) is 5.60 Å². The molecule has 3 nitrogen and oxygen atoms in total. The van der Waals surface area contributed by atoms with Crippen LogP contribution in [0.5, 0.6) is 0 Å². The maximum atomic E-state index is 12.3. The second-order valence-corrected chi connectivity index (χ2v) is 10.8. The molecule has 0 aromatic carbocycles. The van der Waals surface area contributed by atoms with Crippen molar-refractivity contribution >= 4 is 5.91 Å². The van der Waals surface area contributed by atoms with Crippen molar-refractivity contribution in [1.82, 2.24) is 4.90 Å². The number of likely N-dealkylation sites (tertiary alicyclic amines) is 1. The van der Waals surface area contributed by atoms with Crippen molar-refractivity contribution in [3.8, 4) is 0 Å². The third-order valence-corrected chi connectivity index (χ3v) is 9.37. The van der Waals surface area contributed by atoms with E-state index in [0.717, 1.165) is 30.6 Å². The van der Waals surface area contributed by atoms with Gasteiger partial charge < -0.3 is 9.64 Å². The molecule has 1 aliphatic heterocycles. The Morgan fingerprint density at radius 2 is 1.88 bits per heavy atom. The van der Waals surface area contributed by atoms with Crippen LogP contribution in [0.4, 0.5) is 0 Å². The maximum Gasteiger partial charge on any atom is 0.222 e. The minimum Gasteiger partial charge on any atom is -0.378 e.